The zero-order valence-corrected chi connectivity index (χ0v) is 14.0. The zero-order chi connectivity index (χ0) is 16.2. The van der Waals surface area contributed by atoms with Gasteiger partial charge in [0, 0.05) is 6.07 Å². The lowest BCUT2D eigenvalue weighted by molar-refractivity contribution is 0.415. The van der Waals surface area contributed by atoms with Crippen molar-refractivity contribution in [2.24, 2.45) is 0 Å². The molecule has 118 valence electrons. The fourth-order valence-electron chi connectivity index (χ4n) is 2.04. The number of hydrogen-bond acceptors (Lipinski definition) is 3. The minimum absolute atomic E-state index is 0.200. The molecule has 0 amide bonds. The maximum absolute atomic E-state index is 12.4. The quantitative estimate of drug-likeness (QED) is 0.862. The molecule has 0 bridgehead atoms. The Bertz CT molecular complexity index is 742. The summed E-state index contributed by atoms with van der Waals surface area (Å²) in [5, 5.41) is 0.312. The minimum Gasteiger partial charge on any atom is -0.497 e. The Morgan fingerprint density at radius 2 is 1.82 bits per heavy atom. The first-order chi connectivity index (χ1) is 10.5. The van der Waals surface area contributed by atoms with Gasteiger partial charge < -0.3 is 4.74 Å². The highest BCUT2D eigenvalue weighted by atomic mass is 35.5. The largest absolute Gasteiger partial charge is 0.497 e. The van der Waals surface area contributed by atoms with Gasteiger partial charge in [-0.1, -0.05) is 37.1 Å². The Hall–Kier alpha value is -1.72. The Labute approximate surface area is 136 Å². The summed E-state index contributed by atoms with van der Waals surface area (Å²) in [5.74, 6) is 0.528. The van der Waals surface area contributed by atoms with Crippen molar-refractivity contribution < 1.29 is 13.2 Å². The SMILES string of the molecule is CCCc1ccc(S(=O)(=O)Nc2cc(OC)ccc2Cl)cc1. The molecular formula is C16H18ClNO3S. The summed E-state index contributed by atoms with van der Waals surface area (Å²) in [4.78, 5) is 0.200. The van der Waals surface area contributed by atoms with Crippen molar-refractivity contribution in [3.8, 4) is 5.75 Å². The van der Waals surface area contributed by atoms with E-state index in [0.29, 0.717) is 16.5 Å². The molecule has 0 heterocycles. The number of nitrogens with one attached hydrogen (secondary N) is 1. The van der Waals surface area contributed by atoms with E-state index >= 15 is 0 Å². The van der Waals surface area contributed by atoms with E-state index in [0.717, 1.165) is 18.4 Å². The van der Waals surface area contributed by atoms with Crippen LogP contribution in [-0.4, -0.2) is 15.5 Å². The first-order valence-corrected chi connectivity index (χ1v) is 8.77. The average Bonchev–Trinajstić information content (AvgIpc) is 2.50. The van der Waals surface area contributed by atoms with Crippen molar-refractivity contribution in [3.05, 3.63) is 53.1 Å². The van der Waals surface area contributed by atoms with Crippen LogP contribution in [0.1, 0.15) is 18.9 Å². The second-order valence-electron chi connectivity index (χ2n) is 4.85. The van der Waals surface area contributed by atoms with Gasteiger partial charge in [-0.3, -0.25) is 4.72 Å². The average molecular weight is 340 g/mol. The second kappa shape index (κ2) is 7.03. The fourth-order valence-corrected chi connectivity index (χ4v) is 3.33. The van der Waals surface area contributed by atoms with Crippen LogP contribution in [0.5, 0.6) is 5.75 Å². The highest BCUT2D eigenvalue weighted by Gasteiger charge is 2.16. The van der Waals surface area contributed by atoms with Gasteiger partial charge in [0.25, 0.3) is 10.0 Å². The van der Waals surface area contributed by atoms with Gasteiger partial charge in [0.15, 0.2) is 0 Å². The maximum atomic E-state index is 12.4. The molecule has 1 N–H and O–H groups in total. The van der Waals surface area contributed by atoms with Crippen LogP contribution in [0.15, 0.2) is 47.4 Å². The van der Waals surface area contributed by atoms with Gasteiger partial charge in [-0.15, -0.1) is 0 Å². The number of anilines is 1. The van der Waals surface area contributed by atoms with E-state index in [1.165, 1.54) is 7.11 Å². The zero-order valence-electron chi connectivity index (χ0n) is 12.5. The molecule has 0 saturated heterocycles. The van der Waals surface area contributed by atoms with Gasteiger partial charge in [0.2, 0.25) is 0 Å². The van der Waals surface area contributed by atoms with E-state index in [9.17, 15) is 8.42 Å². The second-order valence-corrected chi connectivity index (χ2v) is 6.93. The van der Waals surface area contributed by atoms with Crippen molar-refractivity contribution >= 4 is 27.3 Å². The van der Waals surface area contributed by atoms with Gasteiger partial charge >= 0.3 is 0 Å². The normalized spacial score (nSPS) is 11.2. The standard InChI is InChI=1S/C16H18ClNO3S/c1-3-4-12-5-8-14(9-6-12)22(19,20)18-16-11-13(21-2)7-10-15(16)17/h5-11,18H,3-4H2,1-2H3. The topological polar surface area (TPSA) is 55.4 Å². The fraction of sp³-hybridized carbons (Fsp3) is 0.250. The van der Waals surface area contributed by atoms with Crippen molar-refractivity contribution in [2.45, 2.75) is 24.7 Å². The third-order valence-corrected chi connectivity index (χ3v) is 4.90. The van der Waals surface area contributed by atoms with E-state index in [1.54, 1.807) is 30.3 Å². The number of aryl methyl sites for hydroxylation is 1. The number of rotatable bonds is 6. The highest BCUT2D eigenvalue weighted by molar-refractivity contribution is 7.92. The number of halogens is 1. The van der Waals surface area contributed by atoms with Gasteiger partial charge in [-0.05, 0) is 36.2 Å². The van der Waals surface area contributed by atoms with Gasteiger partial charge in [-0.25, -0.2) is 8.42 Å². The predicted molar refractivity (Wildman–Crippen MR) is 89.2 cm³/mol. The van der Waals surface area contributed by atoms with Crippen LogP contribution >= 0.6 is 11.6 Å². The molecule has 22 heavy (non-hydrogen) atoms. The molecule has 0 saturated carbocycles. The Balaban J connectivity index is 2.27. The molecule has 6 heteroatoms. The molecule has 0 aliphatic rings. The van der Waals surface area contributed by atoms with Crippen molar-refractivity contribution in [2.75, 3.05) is 11.8 Å². The highest BCUT2D eigenvalue weighted by Crippen LogP contribution is 2.28. The summed E-state index contributed by atoms with van der Waals surface area (Å²) in [6, 6.07) is 11.6. The van der Waals surface area contributed by atoms with E-state index in [-0.39, 0.29) is 4.90 Å². The van der Waals surface area contributed by atoms with Crippen LogP contribution in [0, 0.1) is 0 Å². The third-order valence-electron chi connectivity index (χ3n) is 3.19. The molecule has 0 spiro atoms. The molecule has 0 radical (unpaired) electrons. The van der Waals surface area contributed by atoms with Gasteiger partial charge in [0.05, 0.1) is 22.7 Å². The molecule has 2 aromatic carbocycles. The molecule has 2 aromatic rings. The smallest absolute Gasteiger partial charge is 0.261 e. The Morgan fingerprint density at radius 1 is 1.14 bits per heavy atom. The molecule has 2 rings (SSSR count). The number of methoxy groups -OCH3 is 1. The first kappa shape index (κ1) is 16.6. The summed E-state index contributed by atoms with van der Waals surface area (Å²) in [6.45, 7) is 2.08. The maximum Gasteiger partial charge on any atom is 0.261 e. The molecule has 4 nitrogen and oxygen atoms in total. The summed E-state index contributed by atoms with van der Waals surface area (Å²) in [7, 11) is -2.17. The molecule has 0 aromatic heterocycles. The minimum atomic E-state index is -3.68. The summed E-state index contributed by atoms with van der Waals surface area (Å²) in [5.41, 5.74) is 1.40. The lowest BCUT2D eigenvalue weighted by Gasteiger charge is -2.11. The molecule has 0 aliphatic heterocycles. The lowest BCUT2D eigenvalue weighted by atomic mass is 10.1. The number of hydrogen-bond donors (Lipinski definition) is 1. The summed E-state index contributed by atoms with van der Waals surface area (Å²) < 4.78 is 32.4. The molecule has 0 unspecified atom stereocenters. The van der Waals surface area contributed by atoms with E-state index in [2.05, 4.69) is 11.6 Å². The van der Waals surface area contributed by atoms with Crippen LogP contribution in [0.3, 0.4) is 0 Å². The molecular weight excluding hydrogens is 322 g/mol. The predicted octanol–water partition coefficient (Wildman–Crippen LogP) is 4.10. The Kier molecular flexibility index (Phi) is 5.32. The van der Waals surface area contributed by atoms with Crippen molar-refractivity contribution in [3.63, 3.8) is 0 Å². The first-order valence-electron chi connectivity index (χ1n) is 6.91. The van der Waals surface area contributed by atoms with Gasteiger partial charge in [-0.2, -0.15) is 0 Å². The van der Waals surface area contributed by atoms with E-state index in [4.69, 9.17) is 16.3 Å². The molecule has 0 fully saturated rings. The lowest BCUT2D eigenvalue weighted by Crippen LogP contribution is -2.13. The summed E-state index contributed by atoms with van der Waals surface area (Å²) >= 11 is 6.03. The van der Waals surface area contributed by atoms with Crippen LogP contribution in [0.4, 0.5) is 5.69 Å². The van der Waals surface area contributed by atoms with Crippen LogP contribution in [-0.2, 0) is 16.4 Å². The van der Waals surface area contributed by atoms with Crippen LogP contribution in [0.2, 0.25) is 5.02 Å². The third kappa shape index (κ3) is 3.93. The number of benzene rings is 2. The van der Waals surface area contributed by atoms with E-state index in [1.807, 2.05) is 12.1 Å². The summed E-state index contributed by atoms with van der Waals surface area (Å²) in [6.07, 6.45) is 1.94. The number of sulfonamides is 1. The van der Waals surface area contributed by atoms with Gasteiger partial charge in [0.1, 0.15) is 5.75 Å². The monoisotopic (exact) mass is 339 g/mol. The van der Waals surface area contributed by atoms with E-state index < -0.39 is 10.0 Å². The molecule has 0 atom stereocenters. The van der Waals surface area contributed by atoms with Crippen LogP contribution < -0.4 is 9.46 Å². The number of ether oxygens (including phenoxy) is 1. The van der Waals surface area contributed by atoms with Crippen molar-refractivity contribution in [1.82, 2.24) is 0 Å². The molecule has 0 aliphatic carbocycles. The Morgan fingerprint density at radius 3 is 2.41 bits per heavy atom. The van der Waals surface area contributed by atoms with Crippen LogP contribution in [0.25, 0.3) is 0 Å². The van der Waals surface area contributed by atoms with Crippen molar-refractivity contribution in [1.29, 1.82) is 0 Å².